The SMILES string of the molecule is Cc1ccc2c(c1)C1OCC(c3ccccc3)N1C2=O. The fourth-order valence-electron chi connectivity index (χ4n) is 3.15. The van der Waals surface area contributed by atoms with Crippen LogP contribution in [-0.4, -0.2) is 17.4 Å². The van der Waals surface area contributed by atoms with E-state index >= 15 is 0 Å². The van der Waals surface area contributed by atoms with Gasteiger partial charge in [-0.1, -0.05) is 48.0 Å². The van der Waals surface area contributed by atoms with E-state index in [0.717, 1.165) is 22.3 Å². The highest BCUT2D eigenvalue weighted by Crippen LogP contribution is 2.45. The lowest BCUT2D eigenvalue weighted by Crippen LogP contribution is -2.27. The van der Waals surface area contributed by atoms with Crippen molar-refractivity contribution in [2.45, 2.75) is 19.2 Å². The Morgan fingerprint density at radius 1 is 1.15 bits per heavy atom. The van der Waals surface area contributed by atoms with Crippen LogP contribution in [0.25, 0.3) is 0 Å². The van der Waals surface area contributed by atoms with Crippen molar-refractivity contribution in [3.05, 3.63) is 70.8 Å². The molecule has 3 nitrogen and oxygen atoms in total. The number of aryl methyl sites for hydroxylation is 1. The summed E-state index contributed by atoms with van der Waals surface area (Å²) >= 11 is 0. The maximum absolute atomic E-state index is 12.6. The molecule has 2 heterocycles. The van der Waals surface area contributed by atoms with Crippen LogP contribution in [0, 0.1) is 6.92 Å². The van der Waals surface area contributed by atoms with Gasteiger partial charge in [-0.3, -0.25) is 9.69 Å². The van der Waals surface area contributed by atoms with E-state index in [-0.39, 0.29) is 18.2 Å². The fraction of sp³-hybridized carbons (Fsp3) is 0.235. The minimum Gasteiger partial charge on any atom is -0.351 e. The van der Waals surface area contributed by atoms with Crippen LogP contribution in [0.15, 0.2) is 48.5 Å². The Kier molecular flexibility index (Phi) is 2.44. The van der Waals surface area contributed by atoms with Gasteiger partial charge in [-0.05, 0) is 18.6 Å². The Morgan fingerprint density at radius 2 is 1.95 bits per heavy atom. The maximum Gasteiger partial charge on any atom is 0.257 e. The molecule has 0 bridgehead atoms. The second-order valence-electron chi connectivity index (χ2n) is 5.42. The van der Waals surface area contributed by atoms with E-state index < -0.39 is 0 Å². The Morgan fingerprint density at radius 3 is 2.75 bits per heavy atom. The number of hydrogen-bond donors (Lipinski definition) is 0. The van der Waals surface area contributed by atoms with Crippen molar-refractivity contribution >= 4 is 5.91 Å². The Hall–Kier alpha value is -2.13. The molecule has 1 fully saturated rings. The van der Waals surface area contributed by atoms with E-state index in [1.807, 2.05) is 42.2 Å². The number of amides is 1. The fourth-order valence-corrected chi connectivity index (χ4v) is 3.15. The minimum atomic E-state index is -0.220. The zero-order chi connectivity index (χ0) is 13.7. The first-order valence-corrected chi connectivity index (χ1v) is 6.85. The molecule has 2 aliphatic heterocycles. The van der Waals surface area contributed by atoms with E-state index in [9.17, 15) is 4.79 Å². The van der Waals surface area contributed by atoms with Crippen LogP contribution in [-0.2, 0) is 4.74 Å². The van der Waals surface area contributed by atoms with Gasteiger partial charge in [-0.25, -0.2) is 0 Å². The summed E-state index contributed by atoms with van der Waals surface area (Å²) in [5, 5.41) is 0. The number of carbonyl (C=O) groups is 1. The molecular weight excluding hydrogens is 250 g/mol. The quantitative estimate of drug-likeness (QED) is 0.792. The standard InChI is InChI=1S/C17H15NO2/c1-11-7-8-13-14(9-11)17-18(16(13)19)15(10-20-17)12-5-3-2-4-6-12/h2-9,15,17H,10H2,1H3. The predicted molar refractivity (Wildman–Crippen MR) is 75.2 cm³/mol. The summed E-state index contributed by atoms with van der Waals surface area (Å²) in [6.07, 6.45) is -0.220. The summed E-state index contributed by atoms with van der Waals surface area (Å²) in [6, 6.07) is 16.1. The number of ether oxygens (including phenoxy) is 1. The van der Waals surface area contributed by atoms with Crippen molar-refractivity contribution in [1.82, 2.24) is 4.90 Å². The van der Waals surface area contributed by atoms with Gasteiger partial charge in [0.1, 0.15) is 0 Å². The van der Waals surface area contributed by atoms with Crippen molar-refractivity contribution < 1.29 is 9.53 Å². The van der Waals surface area contributed by atoms with Crippen LogP contribution in [0.1, 0.15) is 39.3 Å². The summed E-state index contributed by atoms with van der Waals surface area (Å²) in [5.41, 5.74) is 4.08. The molecule has 0 radical (unpaired) electrons. The average molecular weight is 265 g/mol. The lowest BCUT2D eigenvalue weighted by Gasteiger charge is -2.22. The molecule has 0 saturated carbocycles. The Labute approximate surface area is 117 Å². The van der Waals surface area contributed by atoms with Gasteiger partial charge in [0, 0.05) is 11.1 Å². The molecule has 2 aromatic rings. The zero-order valence-corrected chi connectivity index (χ0v) is 11.2. The average Bonchev–Trinajstić information content (AvgIpc) is 3.01. The molecule has 2 unspecified atom stereocenters. The minimum absolute atomic E-state index is 0.0152. The Bertz CT molecular complexity index is 681. The van der Waals surface area contributed by atoms with Gasteiger partial charge in [0.05, 0.1) is 12.6 Å². The highest BCUT2D eigenvalue weighted by Gasteiger charge is 2.46. The molecule has 2 aromatic carbocycles. The summed E-state index contributed by atoms with van der Waals surface area (Å²) in [6.45, 7) is 2.60. The number of hydrogen-bond acceptors (Lipinski definition) is 2. The van der Waals surface area contributed by atoms with Crippen LogP contribution in [0.2, 0.25) is 0 Å². The van der Waals surface area contributed by atoms with Crippen LogP contribution >= 0.6 is 0 Å². The number of benzene rings is 2. The van der Waals surface area contributed by atoms with E-state index in [2.05, 4.69) is 18.2 Å². The summed E-state index contributed by atoms with van der Waals surface area (Å²) < 4.78 is 5.90. The molecule has 4 rings (SSSR count). The van der Waals surface area contributed by atoms with Crippen molar-refractivity contribution in [3.8, 4) is 0 Å². The number of fused-ring (bicyclic) bond motifs is 3. The van der Waals surface area contributed by atoms with E-state index in [0.29, 0.717) is 6.61 Å². The van der Waals surface area contributed by atoms with Gasteiger partial charge in [0.15, 0.2) is 6.23 Å². The normalized spacial score (nSPS) is 23.9. The first-order valence-electron chi connectivity index (χ1n) is 6.85. The molecule has 2 atom stereocenters. The lowest BCUT2D eigenvalue weighted by molar-refractivity contribution is 0.0352. The van der Waals surface area contributed by atoms with Gasteiger partial charge in [-0.2, -0.15) is 0 Å². The summed E-state index contributed by atoms with van der Waals surface area (Å²) in [5.74, 6) is 0.0800. The summed E-state index contributed by atoms with van der Waals surface area (Å²) in [4.78, 5) is 14.5. The van der Waals surface area contributed by atoms with Crippen molar-refractivity contribution in [3.63, 3.8) is 0 Å². The van der Waals surface area contributed by atoms with Crippen LogP contribution in [0.5, 0.6) is 0 Å². The molecule has 0 N–H and O–H groups in total. The van der Waals surface area contributed by atoms with Crippen LogP contribution in [0.3, 0.4) is 0 Å². The van der Waals surface area contributed by atoms with Gasteiger partial charge >= 0.3 is 0 Å². The van der Waals surface area contributed by atoms with Gasteiger partial charge in [-0.15, -0.1) is 0 Å². The molecule has 1 amide bonds. The number of carbonyl (C=O) groups excluding carboxylic acids is 1. The predicted octanol–water partition coefficient (Wildman–Crippen LogP) is 3.22. The molecule has 0 aromatic heterocycles. The highest BCUT2D eigenvalue weighted by atomic mass is 16.5. The maximum atomic E-state index is 12.6. The van der Waals surface area contributed by atoms with Gasteiger partial charge in [0.2, 0.25) is 0 Å². The molecule has 1 saturated heterocycles. The van der Waals surface area contributed by atoms with E-state index in [1.54, 1.807) is 0 Å². The Balaban J connectivity index is 1.77. The molecule has 2 aliphatic rings. The van der Waals surface area contributed by atoms with Gasteiger partial charge in [0.25, 0.3) is 5.91 Å². The first kappa shape index (κ1) is 11.7. The third-order valence-electron chi connectivity index (χ3n) is 4.12. The smallest absolute Gasteiger partial charge is 0.257 e. The van der Waals surface area contributed by atoms with Crippen LogP contribution in [0.4, 0.5) is 0 Å². The number of nitrogens with zero attached hydrogens (tertiary/aromatic N) is 1. The third kappa shape index (κ3) is 1.53. The van der Waals surface area contributed by atoms with Crippen molar-refractivity contribution in [2.75, 3.05) is 6.61 Å². The summed E-state index contributed by atoms with van der Waals surface area (Å²) in [7, 11) is 0. The van der Waals surface area contributed by atoms with Gasteiger partial charge < -0.3 is 4.74 Å². The van der Waals surface area contributed by atoms with E-state index in [4.69, 9.17) is 4.74 Å². The molecule has 3 heteroatoms. The van der Waals surface area contributed by atoms with Crippen molar-refractivity contribution in [1.29, 1.82) is 0 Å². The molecule has 20 heavy (non-hydrogen) atoms. The third-order valence-corrected chi connectivity index (χ3v) is 4.12. The molecule has 0 aliphatic carbocycles. The second kappa shape index (κ2) is 4.18. The molecular formula is C17H15NO2. The highest BCUT2D eigenvalue weighted by molar-refractivity contribution is 5.99. The molecule has 100 valence electrons. The van der Waals surface area contributed by atoms with E-state index in [1.165, 1.54) is 0 Å². The zero-order valence-electron chi connectivity index (χ0n) is 11.2. The largest absolute Gasteiger partial charge is 0.351 e. The van der Waals surface area contributed by atoms with Crippen LogP contribution < -0.4 is 0 Å². The lowest BCUT2D eigenvalue weighted by atomic mass is 10.1. The second-order valence-corrected chi connectivity index (χ2v) is 5.42. The first-order chi connectivity index (χ1) is 9.75. The monoisotopic (exact) mass is 265 g/mol. The van der Waals surface area contributed by atoms with Crippen molar-refractivity contribution in [2.24, 2.45) is 0 Å². The molecule has 0 spiro atoms. The number of rotatable bonds is 1. The topological polar surface area (TPSA) is 29.5 Å².